The van der Waals surface area contributed by atoms with E-state index in [1.807, 2.05) is 54.3 Å². The number of anilines is 1. The van der Waals surface area contributed by atoms with Gasteiger partial charge in [-0.05, 0) is 37.1 Å². The molecule has 3 aromatic rings. The number of fused-ring (bicyclic) bond motifs is 1. The van der Waals surface area contributed by atoms with Crippen molar-refractivity contribution in [1.29, 1.82) is 0 Å². The Hall–Kier alpha value is -3.61. The minimum absolute atomic E-state index is 0.0194. The monoisotopic (exact) mass is 403 g/mol. The number of aromatic nitrogens is 1. The number of rotatable bonds is 5. The fraction of sp³-hybridized carbons (Fsp3) is 0.261. The summed E-state index contributed by atoms with van der Waals surface area (Å²) in [5.41, 5.74) is 5.09. The normalized spacial score (nSPS) is 13.3. The highest BCUT2D eigenvalue weighted by atomic mass is 16.3. The Morgan fingerprint density at radius 2 is 1.97 bits per heavy atom. The van der Waals surface area contributed by atoms with Gasteiger partial charge in [-0.2, -0.15) is 0 Å². The molecular formula is C23H25N5O2. The lowest BCUT2D eigenvalue weighted by molar-refractivity contribution is -0.117. The molecule has 1 aromatic heterocycles. The van der Waals surface area contributed by atoms with E-state index in [0.29, 0.717) is 24.9 Å². The quantitative estimate of drug-likeness (QED) is 0.506. The molecule has 2 aromatic carbocycles. The summed E-state index contributed by atoms with van der Waals surface area (Å²) >= 11 is 0. The number of carbonyl (C=O) groups excluding carboxylic acids is 1. The Labute approximate surface area is 175 Å². The summed E-state index contributed by atoms with van der Waals surface area (Å²) in [7, 11) is 1.67. The second-order valence-electron chi connectivity index (χ2n) is 7.21. The van der Waals surface area contributed by atoms with Crippen LogP contribution in [0.1, 0.15) is 16.8 Å². The maximum Gasteiger partial charge on any atom is 0.246 e. The van der Waals surface area contributed by atoms with E-state index in [-0.39, 0.29) is 12.5 Å². The van der Waals surface area contributed by atoms with Gasteiger partial charge in [-0.25, -0.2) is 4.98 Å². The highest BCUT2D eigenvalue weighted by Gasteiger charge is 2.23. The van der Waals surface area contributed by atoms with Gasteiger partial charge in [0.1, 0.15) is 6.26 Å². The second-order valence-corrected chi connectivity index (χ2v) is 7.21. The summed E-state index contributed by atoms with van der Waals surface area (Å²) in [6.07, 6.45) is 2.52. The lowest BCUT2D eigenvalue weighted by Gasteiger charge is -2.18. The van der Waals surface area contributed by atoms with Crippen molar-refractivity contribution in [3.05, 3.63) is 71.6 Å². The Kier molecular flexibility index (Phi) is 5.79. The molecule has 0 atom stereocenters. The van der Waals surface area contributed by atoms with Crippen LogP contribution in [0.5, 0.6) is 0 Å². The van der Waals surface area contributed by atoms with E-state index in [1.165, 1.54) is 11.1 Å². The van der Waals surface area contributed by atoms with Gasteiger partial charge < -0.3 is 20.0 Å². The average molecular weight is 403 g/mol. The number of hydrogen-bond donors (Lipinski definition) is 2. The van der Waals surface area contributed by atoms with Crippen molar-refractivity contribution < 1.29 is 9.21 Å². The molecule has 0 radical (unpaired) electrons. The molecule has 2 N–H and O–H groups in total. The number of aliphatic imine (C=N–C) groups is 1. The maximum atomic E-state index is 12.6. The van der Waals surface area contributed by atoms with Crippen molar-refractivity contribution in [3.63, 3.8) is 0 Å². The Morgan fingerprint density at radius 3 is 2.77 bits per heavy atom. The number of benzene rings is 2. The van der Waals surface area contributed by atoms with E-state index in [1.54, 1.807) is 13.3 Å². The molecule has 7 heteroatoms. The zero-order valence-electron chi connectivity index (χ0n) is 17.2. The van der Waals surface area contributed by atoms with Crippen molar-refractivity contribution in [2.45, 2.75) is 19.9 Å². The van der Waals surface area contributed by atoms with Crippen molar-refractivity contribution in [2.75, 3.05) is 25.0 Å². The van der Waals surface area contributed by atoms with E-state index in [0.717, 1.165) is 23.4 Å². The van der Waals surface area contributed by atoms with Gasteiger partial charge in [-0.3, -0.25) is 9.79 Å². The van der Waals surface area contributed by atoms with Gasteiger partial charge in [0.25, 0.3) is 0 Å². The van der Waals surface area contributed by atoms with Gasteiger partial charge in [0.15, 0.2) is 5.96 Å². The summed E-state index contributed by atoms with van der Waals surface area (Å²) < 4.78 is 5.58. The molecule has 0 spiro atoms. The SMILES string of the molecule is CN=C(NCC(=O)N1CCc2ccccc21)NCc1coc(-c2ccc(C)cc2)n1. The van der Waals surface area contributed by atoms with Crippen LogP contribution in [-0.2, 0) is 17.8 Å². The van der Waals surface area contributed by atoms with Crippen LogP contribution < -0.4 is 15.5 Å². The number of nitrogens with zero attached hydrogens (tertiary/aromatic N) is 3. The fourth-order valence-corrected chi connectivity index (χ4v) is 3.46. The predicted octanol–water partition coefficient (Wildman–Crippen LogP) is 2.90. The van der Waals surface area contributed by atoms with Gasteiger partial charge >= 0.3 is 0 Å². The second kappa shape index (κ2) is 8.82. The molecule has 7 nitrogen and oxygen atoms in total. The molecule has 0 unspecified atom stereocenters. The lowest BCUT2D eigenvalue weighted by Crippen LogP contribution is -2.44. The van der Waals surface area contributed by atoms with Gasteiger partial charge in [-0.1, -0.05) is 35.9 Å². The third-order valence-electron chi connectivity index (χ3n) is 5.11. The standard InChI is InChI=1S/C23H25N5O2/c1-16-7-9-18(10-8-16)22-27-19(15-30-22)13-25-23(24-2)26-14-21(29)28-12-11-17-5-3-4-6-20(17)28/h3-10,15H,11-14H2,1-2H3,(H2,24,25,26). The Bertz CT molecular complexity index is 1060. The molecule has 0 aliphatic carbocycles. The van der Waals surface area contributed by atoms with E-state index >= 15 is 0 Å². The minimum Gasteiger partial charge on any atom is -0.444 e. The number of oxazole rings is 1. The van der Waals surface area contributed by atoms with Crippen LogP contribution in [0.4, 0.5) is 5.69 Å². The Balaban J connectivity index is 1.30. The van der Waals surface area contributed by atoms with Crippen molar-refractivity contribution in [1.82, 2.24) is 15.6 Å². The first kappa shape index (κ1) is 19.7. The summed E-state index contributed by atoms with van der Waals surface area (Å²) in [5, 5.41) is 6.25. The van der Waals surface area contributed by atoms with E-state index in [9.17, 15) is 4.79 Å². The highest BCUT2D eigenvalue weighted by molar-refractivity contribution is 5.98. The summed E-state index contributed by atoms with van der Waals surface area (Å²) in [4.78, 5) is 23.2. The van der Waals surface area contributed by atoms with Crippen molar-refractivity contribution in [3.8, 4) is 11.5 Å². The van der Waals surface area contributed by atoms with E-state index < -0.39 is 0 Å². The molecular weight excluding hydrogens is 378 g/mol. The van der Waals surface area contributed by atoms with Gasteiger partial charge in [0, 0.05) is 24.8 Å². The molecule has 2 heterocycles. The number of amides is 1. The summed E-state index contributed by atoms with van der Waals surface area (Å²) in [6.45, 7) is 3.37. The highest BCUT2D eigenvalue weighted by Crippen LogP contribution is 2.27. The van der Waals surface area contributed by atoms with E-state index in [4.69, 9.17) is 4.42 Å². The van der Waals surface area contributed by atoms with Crippen molar-refractivity contribution in [2.24, 2.45) is 4.99 Å². The number of carbonyl (C=O) groups is 1. The van der Waals surface area contributed by atoms with Crippen LogP contribution in [0.2, 0.25) is 0 Å². The molecule has 1 aliphatic rings. The third-order valence-corrected chi connectivity index (χ3v) is 5.11. The van der Waals surface area contributed by atoms with Crippen LogP contribution in [0.25, 0.3) is 11.5 Å². The molecule has 4 rings (SSSR count). The van der Waals surface area contributed by atoms with Gasteiger partial charge in [-0.15, -0.1) is 0 Å². The molecule has 0 fully saturated rings. The van der Waals surface area contributed by atoms with Gasteiger partial charge in [0.2, 0.25) is 11.8 Å². The summed E-state index contributed by atoms with van der Waals surface area (Å²) in [6, 6.07) is 16.1. The Morgan fingerprint density at radius 1 is 1.17 bits per heavy atom. The zero-order chi connectivity index (χ0) is 20.9. The zero-order valence-corrected chi connectivity index (χ0v) is 17.2. The predicted molar refractivity (Wildman–Crippen MR) is 117 cm³/mol. The fourth-order valence-electron chi connectivity index (χ4n) is 3.46. The largest absolute Gasteiger partial charge is 0.444 e. The molecule has 154 valence electrons. The average Bonchev–Trinajstić information content (AvgIpc) is 3.41. The van der Waals surface area contributed by atoms with Crippen LogP contribution in [0.15, 0.2) is 64.2 Å². The number of para-hydroxylation sites is 1. The first-order valence-corrected chi connectivity index (χ1v) is 9.98. The number of hydrogen-bond acceptors (Lipinski definition) is 4. The van der Waals surface area contributed by atoms with Crippen LogP contribution in [0.3, 0.4) is 0 Å². The summed E-state index contributed by atoms with van der Waals surface area (Å²) in [5.74, 6) is 1.14. The number of nitrogens with one attached hydrogen (secondary N) is 2. The first-order chi connectivity index (χ1) is 14.6. The first-order valence-electron chi connectivity index (χ1n) is 9.98. The third kappa shape index (κ3) is 4.35. The maximum absolute atomic E-state index is 12.6. The molecule has 0 saturated heterocycles. The van der Waals surface area contributed by atoms with Crippen molar-refractivity contribution >= 4 is 17.6 Å². The molecule has 1 amide bonds. The van der Waals surface area contributed by atoms with Crippen LogP contribution in [-0.4, -0.2) is 37.0 Å². The molecule has 30 heavy (non-hydrogen) atoms. The van der Waals surface area contributed by atoms with E-state index in [2.05, 4.69) is 26.7 Å². The van der Waals surface area contributed by atoms with Crippen LogP contribution in [0, 0.1) is 6.92 Å². The topological polar surface area (TPSA) is 82.8 Å². The molecule has 1 aliphatic heterocycles. The van der Waals surface area contributed by atoms with Gasteiger partial charge in [0.05, 0.1) is 18.8 Å². The number of guanidine groups is 1. The molecule has 0 bridgehead atoms. The molecule has 0 saturated carbocycles. The smallest absolute Gasteiger partial charge is 0.246 e. The minimum atomic E-state index is 0.0194. The van der Waals surface area contributed by atoms with Crippen LogP contribution >= 0.6 is 0 Å². The number of aryl methyl sites for hydroxylation is 1. The lowest BCUT2D eigenvalue weighted by atomic mass is 10.1.